The fourth-order valence-electron chi connectivity index (χ4n) is 4.78. The first-order valence-electron chi connectivity index (χ1n) is 13.5. The number of aryl methyl sites for hydroxylation is 1. The van der Waals surface area contributed by atoms with E-state index in [2.05, 4.69) is 14.7 Å². The number of rotatable bonds is 10. The van der Waals surface area contributed by atoms with Gasteiger partial charge in [-0.1, -0.05) is 18.2 Å². The Morgan fingerprint density at radius 2 is 1.69 bits per heavy atom. The zero-order valence-corrected chi connectivity index (χ0v) is 23.8. The van der Waals surface area contributed by atoms with Gasteiger partial charge in [0.05, 0.1) is 28.8 Å². The molecule has 0 amide bonds. The number of aromatic carboxylic acids is 1. The Kier molecular flexibility index (Phi) is 8.82. The predicted molar refractivity (Wildman–Crippen MR) is 151 cm³/mol. The molecule has 2 heterocycles. The minimum absolute atomic E-state index is 0.0291. The Labute approximate surface area is 252 Å². The highest BCUT2D eigenvalue weighted by molar-refractivity contribution is 5.92. The van der Waals surface area contributed by atoms with Gasteiger partial charge in [0, 0.05) is 30.7 Å². The van der Waals surface area contributed by atoms with Gasteiger partial charge in [-0.25, -0.2) is 27.9 Å². The van der Waals surface area contributed by atoms with E-state index in [0.717, 1.165) is 35.4 Å². The van der Waals surface area contributed by atoms with Crippen LogP contribution in [0.1, 0.15) is 32.9 Å². The van der Waals surface area contributed by atoms with Crippen molar-refractivity contribution in [3.05, 3.63) is 112 Å². The van der Waals surface area contributed by atoms with E-state index in [0.29, 0.717) is 0 Å². The molecule has 0 radical (unpaired) electrons. The molecule has 0 saturated heterocycles. The van der Waals surface area contributed by atoms with E-state index in [4.69, 9.17) is 4.74 Å². The Bertz CT molecular complexity index is 1890. The van der Waals surface area contributed by atoms with Crippen LogP contribution in [0.15, 0.2) is 66.7 Å². The van der Waals surface area contributed by atoms with Crippen molar-refractivity contribution in [3.8, 4) is 17.1 Å². The van der Waals surface area contributed by atoms with Crippen LogP contribution in [0.4, 0.5) is 26.3 Å². The molecule has 1 unspecified atom stereocenters. The van der Waals surface area contributed by atoms with Crippen LogP contribution in [-0.2, 0) is 24.3 Å². The normalized spacial score (nSPS) is 12.4. The zero-order chi connectivity index (χ0) is 32.5. The number of pyridine rings is 1. The van der Waals surface area contributed by atoms with Gasteiger partial charge in [0.15, 0.2) is 6.10 Å². The maximum Gasteiger partial charge on any atom is 0.416 e. The first kappa shape index (κ1) is 31.5. The Morgan fingerprint density at radius 1 is 0.933 bits per heavy atom. The van der Waals surface area contributed by atoms with Crippen LogP contribution in [0.3, 0.4) is 0 Å². The summed E-state index contributed by atoms with van der Waals surface area (Å²) in [6.07, 6.45) is -7.48. The maximum absolute atomic E-state index is 15.4. The number of fused-ring (bicyclic) bond motifs is 1. The first-order valence-corrected chi connectivity index (χ1v) is 13.5. The smallest absolute Gasteiger partial charge is 0.416 e. The molecule has 3 aromatic carbocycles. The number of aromatic nitrogens is 3. The van der Waals surface area contributed by atoms with Crippen molar-refractivity contribution in [2.45, 2.75) is 38.8 Å². The Balaban J connectivity index is 1.45. The van der Waals surface area contributed by atoms with Crippen LogP contribution in [0.2, 0.25) is 0 Å². The number of hydrogen-bond donors (Lipinski definition) is 1. The molecule has 13 heteroatoms. The predicted octanol–water partition coefficient (Wildman–Crippen LogP) is 7.27. The highest BCUT2D eigenvalue weighted by atomic mass is 19.4. The van der Waals surface area contributed by atoms with Gasteiger partial charge in [-0.3, -0.25) is 0 Å². The summed E-state index contributed by atoms with van der Waals surface area (Å²) >= 11 is 0. The van der Waals surface area contributed by atoms with Gasteiger partial charge in [-0.05, 0) is 60.5 Å². The third-order valence-corrected chi connectivity index (χ3v) is 7.14. The standard InChI is InChI=1S/C32H25F6N3O4/c1-17-6-7-19(22(33)10-17)16-45-30-5-3-4-25(40-30)21-14-23(34)20(11-24(21)35)13-29-39-26-9-8-18(31(42)43)12-27(26)41(29)15-28(44-2)32(36,37)38/h3-12,14,28H,13,15-16H2,1-2H3,(H,42,43). The van der Waals surface area contributed by atoms with E-state index >= 15 is 8.78 Å². The van der Waals surface area contributed by atoms with Crippen LogP contribution < -0.4 is 4.74 Å². The van der Waals surface area contributed by atoms with Gasteiger partial charge < -0.3 is 19.1 Å². The molecule has 5 rings (SSSR count). The van der Waals surface area contributed by atoms with Gasteiger partial charge in [-0.15, -0.1) is 0 Å². The lowest BCUT2D eigenvalue weighted by atomic mass is 10.0. The largest absolute Gasteiger partial charge is 0.478 e. The lowest BCUT2D eigenvalue weighted by molar-refractivity contribution is -0.216. The summed E-state index contributed by atoms with van der Waals surface area (Å²) < 4.78 is 97.1. The van der Waals surface area contributed by atoms with Crippen molar-refractivity contribution in [3.63, 3.8) is 0 Å². The van der Waals surface area contributed by atoms with Gasteiger partial charge in [0.2, 0.25) is 5.88 Å². The number of benzene rings is 3. The lowest BCUT2D eigenvalue weighted by Crippen LogP contribution is -2.35. The minimum Gasteiger partial charge on any atom is -0.478 e. The number of carbonyl (C=O) groups is 1. The van der Waals surface area contributed by atoms with Crippen molar-refractivity contribution in [2.24, 2.45) is 0 Å². The number of imidazole rings is 1. The van der Waals surface area contributed by atoms with E-state index in [1.165, 1.54) is 36.4 Å². The fourth-order valence-corrected chi connectivity index (χ4v) is 4.78. The molecule has 5 aromatic rings. The Morgan fingerprint density at radius 3 is 2.38 bits per heavy atom. The molecule has 45 heavy (non-hydrogen) atoms. The minimum atomic E-state index is -4.77. The number of alkyl halides is 3. The first-order chi connectivity index (χ1) is 21.3. The molecule has 0 aliphatic heterocycles. The molecule has 0 bridgehead atoms. The van der Waals surface area contributed by atoms with E-state index in [1.807, 2.05) is 0 Å². The van der Waals surface area contributed by atoms with Crippen molar-refractivity contribution in [1.82, 2.24) is 14.5 Å². The van der Waals surface area contributed by atoms with Gasteiger partial charge in [0.25, 0.3) is 0 Å². The van der Waals surface area contributed by atoms with Crippen molar-refractivity contribution in [1.29, 1.82) is 0 Å². The molecule has 7 nitrogen and oxygen atoms in total. The third-order valence-electron chi connectivity index (χ3n) is 7.14. The van der Waals surface area contributed by atoms with Gasteiger partial charge >= 0.3 is 12.1 Å². The monoisotopic (exact) mass is 629 g/mol. The number of halogens is 6. The number of carboxylic acid groups (broad SMARTS) is 1. The van der Waals surface area contributed by atoms with Crippen LogP contribution >= 0.6 is 0 Å². The molecule has 0 spiro atoms. The second-order valence-electron chi connectivity index (χ2n) is 10.3. The van der Waals surface area contributed by atoms with Crippen molar-refractivity contribution >= 4 is 17.0 Å². The lowest BCUT2D eigenvalue weighted by Gasteiger charge is -2.21. The van der Waals surface area contributed by atoms with Gasteiger partial charge in [-0.2, -0.15) is 13.2 Å². The van der Waals surface area contributed by atoms with Crippen molar-refractivity contribution in [2.75, 3.05) is 7.11 Å². The van der Waals surface area contributed by atoms with E-state index in [9.17, 15) is 27.5 Å². The second-order valence-corrected chi connectivity index (χ2v) is 10.3. The second kappa shape index (κ2) is 12.6. The van der Waals surface area contributed by atoms with Crippen molar-refractivity contribution < 1.29 is 45.7 Å². The van der Waals surface area contributed by atoms with E-state index in [-0.39, 0.29) is 57.3 Å². The topological polar surface area (TPSA) is 86.5 Å². The summed E-state index contributed by atoms with van der Waals surface area (Å²) in [5.74, 6) is -3.54. The molecule has 1 atom stereocenters. The summed E-state index contributed by atoms with van der Waals surface area (Å²) in [6, 6.07) is 14.6. The molecule has 0 aliphatic carbocycles. The van der Waals surface area contributed by atoms with Gasteiger partial charge in [0.1, 0.15) is 29.9 Å². The summed E-state index contributed by atoms with van der Waals surface area (Å²) in [5.41, 5.74) is 0.654. The molecule has 0 fully saturated rings. The zero-order valence-electron chi connectivity index (χ0n) is 23.8. The average molecular weight is 630 g/mol. The molecule has 2 aromatic heterocycles. The van der Waals surface area contributed by atoms with Crippen LogP contribution in [0.25, 0.3) is 22.3 Å². The molecule has 0 saturated carbocycles. The molecule has 0 aliphatic rings. The highest BCUT2D eigenvalue weighted by Gasteiger charge is 2.40. The number of ether oxygens (including phenoxy) is 2. The fraction of sp³-hybridized carbons (Fsp3) is 0.219. The summed E-state index contributed by atoms with van der Waals surface area (Å²) in [5, 5.41) is 9.39. The summed E-state index contributed by atoms with van der Waals surface area (Å²) in [7, 11) is 0.877. The summed E-state index contributed by atoms with van der Waals surface area (Å²) in [6.45, 7) is 0.793. The van der Waals surface area contributed by atoms with Crippen LogP contribution in [-0.4, -0.2) is 45.0 Å². The maximum atomic E-state index is 15.4. The van der Waals surface area contributed by atoms with Crippen LogP contribution in [0, 0.1) is 24.4 Å². The molecule has 1 N–H and O–H groups in total. The molecular weight excluding hydrogens is 604 g/mol. The number of methoxy groups -OCH3 is 1. The quantitative estimate of drug-likeness (QED) is 0.164. The number of carboxylic acids is 1. The number of nitrogens with zero attached hydrogens (tertiary/aromatic N) is 3. The SMILES string of the molecule is COC(Cn1c(Cc2cc(F)c(-c3cccc(OCc4ccc(C)cc4F)n3)cc2F)nc2ccc(C(=O)O)cc21)C(F)(F)F. The van der Waals surface area contributed by atoms with E-state index < -0.39 is 48.7 Å². The molecule has 234 valence electrons. The third kappa shape index (κ3) is 6.93. The molecular formula is C32H25F6N3O4. The average Bonchev–Trinajstić information content (AvgIpc) is 3.32. The van der Waals surface area contributed by atoms with E-state index in [1.54, 1.807) is 19.1 Å². The van der Waals surface area contributed by atoms with Crippen LogP contribution in [0.5, 0.6) is 5.88 Å². The highest BCUT2D eigenvalue weighted by Crippen LogP contribution is 2.30. The number of hydrogen-bond acceptors (Lipinski definition) is 5. The Hall–Kier alpha value is -4.91. The summed E-state index contributed by atoms with van der Waals surface area (Å²) in [4.78, 5) is 20.0.